The third kappa shape index (κ3) is 2.57. The van der Waals surface area contributed by atoms with E-state index in [4.69, 9.17) is 23.2 Å². The molecule has 3 rings (SSSR count). The fourth-order valence-corrected chi connectivity index (χ4v) is 2.87. The Labute approximate surface area is 132 Å². The van der Waals surface area contributed by atoms with E-state index >= 15 is 0 Å². The van der Waals surface area contributed by atoms with Gasteiger partial charge < -0.3 is 10.6 Å². The second-order valence-corrected chi connectivity index (χ2v) is 5.98. The first-order valence-electron chi connectivity index (χ1n) is 6.45. The van der Waals surface area contributed by atoms with Gasteiger partial charge >= 0.3 is 6.03 Å². The molecular formula is C15H13Cl2N3O. The fraction of sp³-hybridized carbons (Fsp3) is 0.200. The first-order valence-corrected chi connectivity index (χ1v) is 7.21. The summed E-state index contributed by atoms with van der Waals surface area (Å²) in [7, 11) is 0. The minimum absolute atomic E-state index is 0.215. The Kier molecular flexibility index (Phi) is 3.51. The molecule has 4 nitrogen and oxygen atoms in total. The number of aromatic nitrogens is 1. The van der Waals surface area contributed by atoms with E-state index < -0.39 is 5.54 Å². The van der Waals surface area contributed by atoms with Crippen molar-refractivity contribution in [2.45, 2.75) is 18.5 Å². The molecular weight excluding hydrogens is 309 g/mol. The van der Waals surface area contributed by atoms with Gasteiger partial charge in [0.05, 0.1) is 11.6 Å². The van der Waals surface area contributed by atoms with Gasteiger partial charge in [-0.15, -0.1) is 0 Å². The van der Waals surface area contributed by atoms with E-state index in [1.54, 1.807) is 12.3 Å². The van der Waals surface area contributed by atoms with Crippen LogP contribution in [0, 0.1) is 0 Å². The average molecular weight is 322 g/mol. The van der Waals surface area contributed by atoms with Crippen molar-refractivity contribution in [3.8, 4) is 0 Å². The van der Waals surface area contributed by atoms with Crippen LogP contribution in [0.4, 0.5) is 4.79 Å². The predicted molar refractivity (Wildman–Crippen MR) is 82.5 cm³/mol. The van der Waals surface area contributed by atoms with E-state index in [2.05, 4.69) is 15.6 Å². The Morgan fingerprint density at radius 1 is 1.14 bits per heavy atom. The molecule has 2 N–H and O–H groups in total. The van der Waals surface area contributed by atoms with Crippen LogP contribution in [0.5, 0.6) is 0 Å². The Bertz CT molecular complexity index is 672. The first kappa shape index (κ1) is 14.2. The summed E-state index contributed by atoms with van der Waals surface area (Å²) in [5, 5.41) is 6.98. The van der Waals surface area contributed by atoms with Crippen molar-refractivity contribution in [3.63, 3.8) is 0 Å². The Balaban J connectivity index is 2.04. The summed E-state index contributed by atoms with van der Waals surface area (Å²) in [5.41, 5.74) is 1.26. The average Bonchev–Trinajstić information content (AvgIpc) is 2.76. The van der Waals surface area contributed by atoms with Crippen LogP contribution in [-0.4, -0.2) is 11.0 Å². The van der Waals surface area contributed by atoms with Gasteiger partial charge in [-0.25, -0.2) is 9.78 Å². The zero-order valence-corrected chi connectivity index (χ0v) is 12.7. The van der Waals surface area contributed by atoms with E-state index in [0.717, 1.165) is 11.1 Å². The molecule has 21 heavy (non-hydrogen) atoms. The van der Waals surface area contributed by atoms with E-state index in [1.807, 2.05) is 37.3 Å². The Hall–Kier alpha value is -1.78. The second-order valence-electron chi connectivity index (χ2n) is 5.15. The minimum Gasteiger partial charge on any atom is -0.329 e. The van der Waals surface area contributed by atoms with Crippen molar-refractivity contribution in [3.05, 3.63) is 63.9 Å². The number of halogens is 2. The van der Waals surface area contributed by atoms with Gasteiger partial charge in [-0.2, -0.15) is 0 Å². The van der Waals surface area contributed by atoms with E-state index in [0.29, 0.717) is 10.2 Å². The Morgan fingerprint density at radius 2 is 1.86 bits per heavy atom. The van der Waals surface area contributed by atoms with Crippen LogP contribution >= 0.6 is 23.2 Å². The number of carbonyl (C=O) groups excluding carboxylic acids is 1. The van der Waals surface area contributed by atoms with Crippen LogP contribution in [-0.2, 0) is 5.54 Å². The van der Waals surface area contributed by atoms with Crippen LogP contribution in [0.1, 0.15) is 24.1 Å². The van der Waals surface area contributed by atoms with Crippen LogP contribution < -0.4 is 10.6 Å². The highest BCUT2D eigenvalue weighted by atomic mass is 35.5. The van der Waals surface area contributed by atoms with Crippen LogP contribution in [0.2, 0.25) is 10.2 Å². The lowest BCUT2D eigenvalue weighted by atomic mass is 9.83. The van der Waals surface area contributed by atoms with Gasteiger partial charge in [0, 0.05) is 11.2 Å². The minimum atomic E-state index is -0.586. The molecule has 1 aliphatic rings. The van der Waals surface area contributed by atoms with Crippen molar-refractivity contribution in [1.82, 2.24) is 15.6 Å². The van der Waals surface area contributed by atoms with Crippen molar-refractivity contribution < 1.29 is 4.79 Å². The molecule has 2 aromatic rings. The highest BCUT2D eigenvalue weighted by Gasteiger charge is 2.44. The summed E-state index contributed by atoms with van der Waals surface area (Å²) in [6.07, 6.45) is 1.68. The van der Waals surface area contributed by atoms with Crippen LogP contribution in [0.15, 0.2) is 42.6 Å². The quantitative estimate of drug-likeness (QED) is 0.829. The number of rotatable bonds is 2. The molecule has 108 valence electrons. The van der Waals surface area contributed by atoms with Crippen molar-refractivity contribution in [2.24, 2.45) is 0 Å². The first-order chi connectivity index (χ1) is 9.99. The van der Waals surface area contributed by atoms with Gasteiger partial charge in [-0.05, 0) is 36.2 Å². The molecule has 0 aliphatic carbocycles. The van der Waals surface area contributed by atoms with Gasteiger partial charge in [0.1, 0.15) is 5.15 Å². The van der Waals surface area contributed by atoms with Crippen molar-refractivity contribution in [1.29, 1.82) is 0 Å². The summed E-state index contributed by atoms with van der Waals surface area (Å²) in [6.45, 7) is 1.97. The summed E-state index contributed by atoms with van der Waals surface area (Å²) >= 11 is 11.8. The third-order valence-electron chi connectivity index (χ3n) is 3.75. The highest BCUT2D eigenvalue weighted by Crippen LogP contribution is 2.38. The summed E-state index contributed by atoms with van der Waals surface area (Å²) in [6, 6.07) is 10.6. The molecule has 0 saturated carbocycles. The number of nitrogens with one attached hydrogen (secondary N) is 2. The molecule has 2 heterocycles. The number of amides is 2. The van der Waals surface area contributed by atoms with Gasteiger partial charge in [0.25, 0.3) is 0 Å². The van der Waals surface area contributed by atoms with E-state index in [1.165, 1.54) is 0 Å². The zero-order chi connectivity index (χ0) is 15.0. The van der Waals surface area contributed by atoms with Gasteiger partial charge in [-0.1, -0.05) is 41.4 Å². The standard InChI is InChI=1S/C15H13Cl2N3O/c1-15(10-3-5-11(16)6-4-10)13(19-14(21)20-15)9-2-7-12(17)18-8-9/h2-8,13H,1H3,(H2,19,20,21). The summed E-state index contributed by atoms with van der Waals surface area (Å²) in [4.78, 5) is 15.9. The molecule has 2 amide bonds. The van der Waals surface area contributed by atoms with E-state index in [9.17, 15) is 4.79 Å². The number of hydrogen-bond acceptors (Lipinski definition) is 2. The lowest BCUT2D eigenvalue weighted by Gasteiger charge is -2.31. The van der Waals surface area contributed by atoms with Gasteiger partial charge in [0.2, 0.25) is 0 Å². The van der Waals surface area contributed by atoms with Crippen molar-refractivity contribution in [2.75, 3.05) is 0 Å². The largest absolute Gasteiger partial charge is 0.329 e. The molecule has 6 heteroatoms. The molecule has 1 aromatic carbocycles. The second kappa shape index (κ2) is 5.20. The number of benzene rings is 1. The monoisotopic (exact) mass is 321 g/mol. The molecule has 0 bridgehead atoms. The maximum Gasteiger partial charge on any atom is 0.316 e. The maximum atomic E-state index is 11.9. The Morgan fingerprint density at radius 3 is 2.48 bits per heavy atom. The lowest BCUT2D eigenvalue weighted by Crippen LogP contribution is -2.39. The molecule has 2 unspecified atom stereocenters. The number of nitrogens with zero attached hydrogens (tertiary/aromatic N) is 1. The predicted octanol–water partition coefficient (Wildman–Crippen LogP) is 3.66. The molecule has 1 saturated heterocycles. The lowest BCUT2D eigenvalue weighted by molar-refractivity contribution is 0.245. The van der Waals surface area contributed by atoms with Crippen molar-refractivity contribution >= 4 is 29.2 Å². The molecule has 1 fully saturated rings. The van der Waals surface area contributed by atoms with Gasteiger partial charge in [0.15, 0.2) is 0 Å². The maximum absolute atomic E-state index is 11.9. The van der Waals surface area contributed by atoms with Crippen LogP contribution in [0.3, 0.4) is 0 Å². The molecule has 2 atom stereocenters. The summed E-state index contributed by atoms with van der Waals surface area (Å²) < 4.78 is 0. The normalized spacial score (nSPS) is 24.5. The fourth-order valence-electron chi connectivity index (χ4n) is 2.63. The molecule has 1 aromatic heterocycles. The van der Waals surface area contributed by atoms with Gasteiger partial charge in [-0.3, -0.25) is 0 Å². The molecule has 1 aliphatic heterocycles. The number of hydrogen-bond donors (Lipinski definition) is 2. The topological polar surface area (TPSA) is 54.0 Å². The summed E-state index contributed by atoms with van der Waals surface area (Å²) in [5.74, 6) is 0. The molecule has 0 spiro atoms. The van der Waals surface area contributed by atoms with E-state index in [-0.39, 0.29) is 12.1 Å². The molecule has 0 radical (unpaired) electrons. The SMILES string of the molecule is CC1(c2ccc(Cl)cc2)NC(=O)NC1c1ccc(Cl)nc1. The smallest absolute Gasteiger partial charge is 0.316 e. The zero-order valence-electron chi connectivity index (χ0n) is 11.2. The number of carbonyl (C=O) groups is 1. The van der Waals surface area contributed by atoms with Crippen LogP contribution in [0.25, 0.3) is 0 Å². The number of pyridine rings is 1. The highest BCUT2D eigenvalue weighted by molar-refractivity contribution is 6.30. The number of urea groups is 1. The third-order valence-corrected chi connectivity index (χ3v) is 4.23.